The van der Waals surface area contributed by atoms with Crippen LogP contribution >= 0.6 is 38.9 Å². The topological polar surface area (TPSA) is 69.9 Å². The van der Waals surface area contributed by atoms with Crippen molar-refractivity contribution in [3.8, 4) is 5.75 Å². The van der Waals surface area contributed by atoms with Gasteiger partial charge in [-0.3, -0.25) is 9.36 Å². The minimum absolute atomic E-state index is 0.220. The molecule has 0 bridgehead atoms. The number of carbonyl (C=O) groups is 1. The summed E-state index contributed by atoms with van der Waals surface area (Å²) in [4.78, 5) is 32.1. The molecule has 4 aromatic rings. The molecule has 3 aromatic carbocycles. The van der Waals surface area contributed by atoms with Gasteiger partial charge >= 0.3 is 5.97 Å². The van der Waals surface area contributed by atoms with E-state index >= 15 is 0 Å². The molecule has 1 aromatic heterocycles. The summed E-state index contributed by atoms with van der Waals surface area (Å²) >= 11 is 11.0. The Morgan fingerprint density at radius 1 is 1.10 bits per heavy atom. The minimum atomic E-state index is -0.665. The van der Waals surface area contributed by atoms with Crippen LogP contribution in [0.4, 0.5) is 0 Å². The van der Waals surface area contributed by atoms with Crippen LogP contribution < -0.4 is 19.6 Å². The van der Waals surface area contributed by atoms with Gasteiger partial charge in [-0.25, -0.2) is 9.79 Å². The minimum Gasteiger partial charge on any atom is -0.488 e. The molecule has 0 unspecified atom stereocenters. The van der Waals surface area contributed by atoms with Crippen LogP contribution in [0, 0.1) is 0 Å². The number of carbonyl (C=O) groups excluding carboxylic acids is 1. The number of hydrogen-bond donors (Lipinski definition) is 0. The maximum Gasteiger partial charge on any atom is 0.338 e. The smallest absolute Gasteiger partial charge is 0.338 e. The van der Waals surface area contributed by atoms with Crippen LogP contribution in [0.2, 0.25) is 5.02 Å². The van der Waals surface area contributed by atoms with Crippen LogP contribution in [0.5, 0.6) is 5.75 Å². The third-order valence-electron chi connectivity index (χ3n) is 6.25. The summed E-state index contributed by atoms with van der Waals surface area (Å²) in [5.74, 6) is 0.135. The zero-order valence-electron chi connectivity index (χ0n) is 21.2. The summed E-state index contributed by atoms with van der Waals surface area (Å²) in [7, 11) is 0. The molecule has 0 saturated heterocycles. The summed E-state index contributed by atoms with van der Waals surface area (Å²) in [6.45, 7) is 4.03. The highest BCUT2D eigenvalue weighted by atomic mass is 79.9. The predicted octanol–water partition coefficient (Wildman–Crippen LogP) is 5.79. The summed E-state index contributed by atoms with van der Waals surface area (Å²) < 4.78 is 14.4. The first-order valence-corrected chi connectivity index (χ1v) is 14.3. The number of para-hydroxylation sites is 1. The van der Waals surface area contributed by atoms with Crippen molar-refractivity contribution in [1.82, 2.24) is 4.57 Å². The monoisotopic (exact) mass is 622 g/mol. The van der Waals surface area contributed by atoms with Gasteiger partial charge in [0.15, 0.2) is 4.80 Å². The van der Waals surface area contributed by atoms with Gasteiger partial charge in [0, 0.05) is 20.6 Å². The van der Waals surface area contributed by atoms with Gasteiger partial charge in [-0.1, -0.05) is 87.4 Å². The number of fused-ring (bicyclic) bond motifs is 1. The van der Waals surface area contributed by atoms with E-state index in [1.54, 1.807) is 24.5 Å². The van der Waals surface area contributed by atoms with Crippen molar-refractivity contribution < 1.29 is 14.3 Å². The van der Waals surface area contributed by atoms with Crippen LogP contribution in [-0.2, 0) is 16.1 Å². The highest BCUT2D eigenvalue weighted by Crippen LogP contribution is 2.31. The molecule has 39 heavy (non-hydrogen) atoms. The Morgan fingerprint density at radius 3 is 2.56 bits per heavy atom. The van der Waals surface area contributed by atoms with Gasteiger partial charge in [-0.05, 0) is 49.8 Å². The zero-order chi connectivity index (χ0) is 27.5. The van der Waals surface area contributed by atoms with Crippen molar-refractivity contribution in [2.75, 3.05) is 6.61 Å². The number of esters is 1. The van der Waals surface area contributed by atoms with Crippen LogP contribution in [0.1, 0.15) is 36.6 Å². The first-order chi connectivity index (χ1) is 18.9. The molecule has 6 nitrogen and oxygen atoms in total. The Balaban J connectivity index is 1.60. The van der Waals surface area contributed by atoms with E-state index in [0.29, 0.717) is 31.4 Å². The lowest BCUT2D eigenvalue weighted by molar-refractivity contribution is -0.139. The average molecular weight is 624 g/mol. The van der Waals surface area contributed by atoms with Gasteiger partial charge < -0.3 is 9.47 Å². The maximum atomic E-state index is 13.9. The number of hydrogen-bond acceptors (Lipinski definition) is 6. The molecule has 0 radical (unpaired) electrons. The van der Waals surface area contributed by atoms with Crippen LogP contribution in [0.3, 0.4) is 0 Å². The largest absolute Gasteiger partial charge is 0.488 e. The zero-order valence-corrected chi connectivity index (χ0v) is 24.3. The third-order valence-corrected chi connectivity index (χ3v) is 8.13. The van der Waals surface area contributed by atoms with E-state index < -0.39 is 12.0 Å². The second-order valence-electron chi connectivity index (χ2n) is 8.77. The Bertz CT molecular complexity index is 1760. The second kappa shape index (κ2) is 11.7. The third kappa shape index (κ3) is 5.64. The molecular formula is C30H24BrClN2O4S. The van der Waals surface area contributed by atoms with Gasteiger partial charge in [0.25, 0.3) is 5.56 Å². The number of ether oxygens (including phenoxy) is 2. The number of halogens is 2. The molecule has 1 atom stereocenters. The van der Waals surface area contributed by atoms with Crippen molar-refractivity contribution in [3.63, 3.8) is 0 Å². The summed E-state index contributed by atoms with van der Waals surface area (Å²) in [5, 5.41) is 0.629. The Hall–Kier alpha value is -3.46. The van der Waals surface area contributed by atoms with E-state index in [9.17, 15) is 9.59 Å². The SMILES string of the molecule is CCOC(=O)C1=C(C)N=c2s/c(=C\c3ccccc3OCc3ccccc3Cl)c(=O)n2[C@H]1c1ccc(Br)cc1. The van der Waals surface area contributed by atoms with Crippen LogP contribution in [0.15, 0.2) is 98.3 Å². The first kappa shape index (κ1) is 27.1. The fourth-order valence-corrected chi connectivity index (χ4v) is 5.89. The number of benzene rings is 3. The molecule has 2 heterocycles. The van der Waals surface area contributed by atoms with E-state index in [2.05, 4.69) is 20.9 Å². The summed E-state index contributed by atoms with van der Waals surface area (Å²) in [6.07, 6.45) is 1.80. The van der Waals surface area contributed by atoms with Gasteiger partial charge in [-0.2, -0.15) is 0 Å². The molecule has 9 heteroatoms. The van der Waals surface area contributed by atoms with E-state index in [-0.39, 0.29) is 18.8 Å². The molecule has 0 amide bonds. The Kier molecular flexibility index (Phi) is 8.16. The lowest BCUT2D eigenvalue weighted by Crippen LogP contribution is -2.39. The Morgan fingerprint density at radius 2 is 1.82 bits per heavy atom. The highest BCUT2D eigenvalue weighted by Gasteiger charge is 2.33. The predicted molar refractivity (Wildman–Crippen MR) is 157 cm³/mol. The number of allylic oxidation sites excluding steroid dienone is 1. The number of rotatable bonds is 7. The van der Waals surface area contributed by atoms with E-state index in [0.717, 1.165) is 21.2 Å². The number of thiazole rings is 1. The molecule has 0 fully saturated rings. The van der Waals surface area contributed by atoms with Gasteiger partial charge in [0.05, 0.1) is 28.5 Å². The van der Waals surface area contributed by atoms with Gasteiger partial charge in [0.2, 0.25) is 0 Å². The fraction of sp³-hybridized carbons (Fsp3) is 0.167. The van der Waals surface area contributed by atoms with E-state index in [1.165, 1.54) is 11.3 Å². The first-order valence-electron chi connectivity index (χ1n) is 12.3. The van der Waals surface area contributed by atoms with Crippen molar-refractivity contribution >= 4 is 50.9 Å². The molecule has 0 N–H and O–H groups in total. The van der Waals surface area contributed by atoms with Gasteiger partial charge in [0.1, 0.15) is 12.4 Å². The molecular weight excluding hydrogens is 600 g/mol. The van der Waals surface area contributed by atoms with Crippen molar-refractivity contribution in [2.24, 2.45) is 4.99 Å². The number of nitrogens with zero attached hydrogens (tertiary/aromatic N) is 2. The second-order valence-corrected chi connectivity index (χ2v) is 11.1. The van der Waals surface area contributed by atoms with Crippen LogP contribution in [0.25, 0.3) is 6.08 Å². The quantitative estimate of drug-likeness (QED) is 0.244. The van der Waals surface area contributed by atoms with Crippen LogP contribution in [-0.4, -0.2) is 17.1 Å². The molecule has 0 saturated carbocycles. The molecule has 198 valence electrons. The van der Waals surface area contributed by atoms with Crippen molar-refractivity contribution in [1.29, 1.82) is 0 Å². The number of aromatic nitrogens is 1. The van der Waals surface area contributed by atoms with Crippen molar-refractivity contribution in [3.05, 3.63) is 130 Å². The normalized spacial score (nSPS) is 15.1. The summed E-state index contributed by atoms with van der Waals surface area (Å²) in [5.41, 5.74) is 3.02. The fourth-order valence-electron chi connectivity index (χ4n) is 4.40. The standard InChI is InChI=1S/C30H24BrClN2O4S/c1-3-37-29(36)26-18(2)33-30-34(27(26)19-12-14-22(31)15-13-19)28(35)25(39-30)16-20-8-5-7-11-24(20)38-17-21-9-4-6-10-23(21)32/h4-16,27H,3,17H2,1-2H3/b25-16-/t27-/m0/s1. The average Bonchev–Trinajstić information content (AvgIpc) is 3.23. The van der Waals surface area contributed by atoms with E-state index in [1.807, 2.05) is 72.8 Å². The summed E-state index contributed by atoms with van der Waals surface area (Å²) in [6, 6.07) is 21.9. The van der Waals surface area contributed by atoms with Crippen molar-refractivity contribution in [2.45, 2.75) is 26.5 Å². The molecule has 0 spiro atoms. The molecule has 1 aliphatic rings. The maximum absolute atomic E-state index is 13.9. The highest BCUT2D eigenvalue weighted by molar-refractivity contribution is 9.10. The molecule has 0 aliphatic carbocycles. The lowest BCUT2D eigenvalue weighted by Gasteiger charge is -2.24. The molecule has 5 rings (SSSR count). The van der Waals surface area contributed by atoms with Gasteiger partial charge in [-0.15, -0.1) is 0 Å². The molecule has 1 aliphatic heterocycles. The lowest BCUT2D eigenvalue weighted by atomic mass is 9.96. The van der Waals surface area contributed by atoms with E-state index in [4.69, 9.17) is 21.1 Å². The Labute approximate surface area is 242 Å².